The summed E-state index contributed by atoms with van der Waals surface area (Å²) in [6, 6.07) is 5.50. The lowest BCUT2D eigenvalue weighted by molar-refractivity contribution is 0.458. The van der Waals surface area contributed by atoms with Crippen LogP contribution in [0.1, 0.15) is 5.56 Å². The van der Waals surface area contributed by atoms with Gasteiger partial charge in [-0.05, 0) is 12.1 Å². The van der Waals surface area contributed by atoms with Crippen molar-refractivity contribution in [3.63, 3.8) is 0 Å². The number of halogens is 4. The summed E-state index contributed by atoms with van der Waals surface area (Å²) in [5.74, 6) is -5.80. The van der Waals surface area contributed by atoms with Gasteiger partial charge in [0.25, 0.3) is 0 Å². The molecular weight excluding hydrogens is 286 g/mol. The highest BCUT2D eigenvalue weighted by molar-refractivity contribution is 5.56. The van der Waals surface area contributed by atoms with Gasteiger partial charge in [-0.3, -0.25) is 0 Å². The Balaban J connectivity index is 1.92. The Morgan fingerprint density at radius 2 is 1.76 bits per heavy atom. The average molecular weight is 295 g/mol. The first-order chi connectivity index (χ1) is 10.1. The molecule has 1 N–H and O–H groups in total. The van der Waals surface area contributed by atoms with E-state index >= 15 is 0 Å². The number of hydrogen-bond acceptors (Lipinski definition) is 2. The van der Waals surface area contributed by atoms with Gasteiger partial charge in [-0.25, -0.2) is 22.1 Å². The van der Waals surface area contributed by atoms with E-state index in [0.29, 0.717) is 5.56 Å². The fourth-order valence-electron chi connectivity index (χ4n) is 2.04. The van der Waals surface area contributed by atoms with Crippen LogP contribution in [0, 0.1) is 23.3 Å². The zero-order chi connectivity index (χ0) is 15.0. The van der Waals surface area contributed by atoms with Gasteiger partial charge in [0, 0.05) is 24.4 Å². The fourth-order valence-corrected chi connectivity index (χ4v) is 2.04. The van der Waals surface area contributed by atoms with E-state index in [-0.39, 0.29) is 12.6 Å². The van der Waals surface area contributed by atoms with Crippen LogP contribution in [-0.4, -0.2) is 9.61 Å². The SMILES string of the molecule is Fc1cc(F)c(F)c(NCc2cnn3ccccc23)c1F. The molecule has 0 saturated heterocycles. The quantitative estimate of drug-likeness (QED) is 0.592. The molecule has 1 aromatic carbocycles. The van der Waals surface area contributed by atoms with Gasteiger partial charge in [-0.15, -0.1) is 0 Å². The van der Waals surface area contributed by atoms with Crippen molar-refractivity contribution >= 4 is 11.2 Å². The van der Waals surface area contributed by atoms with Crippen molar-refractivity contribution in [1.82, 2.24) is 9.61 Å². The number of fused-ring (bicyclic) bond motifs is 1. The number of pyridine rings is 1. The molecule has 0 unspecified atom stereocenters. The minimum Gasteiger partial charge on any atom is -0.376 e. The van der Waals surface area contributed by atoms with E-state index in [1.807, 2.05) is 0 Å². The standard InChI is InChI=1S/C14H9F4N3/c15-9-5-10(16)13(18)14(12(9)17)19-6-8-7-20-21-4-2-1-3-11(8)21/h1-5,7,19H,6H2. The van der Waals surface area contributed by atoms with Crippen molar-refractivity contribution in [2.45, 2.75) is 6.54 Å². The third-order valence-corrected chi connectivity index (χ3v) is 3.07. The molecule has 0 saturated carbocycles. The summed E-state index contributed by atoms with van der Waals surface area (Å²) in [6.07, 6.45) is 3.22. The summed E-state index contributed by atoms with van der Waals surface area (Å²) in [5.41, 5.74) is 0.532. The van der Waals surface area contributed by atoms with Gasteiger partial charge in [0.05, 0.1) is 11.7 Å². The topological polar surface area (TPSA) is 29.3 Å². The minimum absolute atomic E-state index is 0.0236. The molecule has 108 valence electrons. The van der Waals surface area contributed by atoms with Crippen molar-refractivity contribution < 1.29 is 17.6 Å². The average Bonchev–Trinajstić information content (AvgIpc) is 2.89. The molecule has 3 nitrogen and oxygen atoms in total. The van der Waals surface area contributed by atoms with Crippen molar-refractivity contribution in [3.05, 3.63) is 65.5 Å². The molecule has 2 heterocycles. The summed E-state index contributed by atoms with van der Waals surface area (Å²) in [4.78, 5) is 0. The van der Waals surface area contributed by atoms with Gasteiger partial charge in [0.1, 0.15) is 5.69 Å². The molecule has 3 rings (SSSR count). The number of nitrogens with zero attached hydrogens (tertiary/aromatic N) is 2. The Kier molecular flexibility index (Phi) is 3.25. The molecule has 0 radical (unpaired) electrons. The van der Waals surface area contributed by atoms with E-state index < -0.39 is 29.0 Å². The van der Waals surface area contributed by atoms with Crippen LogP contribution in [-0.2, 0) is 6.54 Å². The number of rotatable bonds is 3. The van der Waals surface area contributed by atoms with Crippen molar-refractivity contribution in [1.29, 1.82) is 0 Å². The van der Waals surface area contributed by atoms with E-state index in [1.165, 1.54) is 6.20 Å². The maximum atomic E-state index is 13.5. The first kappa shape index (κ1) is 13.4. The monoisotopic (exact) mass is 295 g/mol. The lowest BCUT2D eigenvalue weighted by Crippen LogP contribution is -2.07. The van der Waals surface area contributed by atoms with Crippen molar-refractivity contribution in [2.24, 2.45) is 0 Å². The molecule has 7 heteroatoms. The second-order valence-corrected chi connectivity index (χ2v) is 4.40. The first-order valence-electron chi connectivity index (χ1n) is 6.06. The predicted octanol–water partition coefficient (Wildman–Crippen LogP) is 3.50. The van der Waals surface area contributed by atoms with E-state index in [9.17, 15) is 17.6 Å². The van der Waals surface area contributed by atoms with Crippen molar-refractivity contribution in [3.8, 4) is 0 Å². The maximum absolute atomic E-state index is 13.5. The third kappa shape index (κ3) is 2.31. The molecule has 21 heavy (non-hydrogen) atoms. The molecule has 0 aliphatic carbocycles. The van der Waals surface area contributed by atoms with E-state index in [4.69, 9.17) is 0 Å². The summed E-state index contributed by atoms with van der Waals surface area (Å²) >= 11 is 0. The van der Waals surface area contributed by atoms with Crippen LogP contribution in [0.5, 0.6) is 0 Å². The smallest absolute Gasteiger partial charge is 0.185 e. The Bertz CT molecular complexity index is 787. The summed E-state index contributed by atoms with van der Waals surface area (Å²) < 4.78 is 54.8. The van der Waals surface area contributed by atoms with Crippen LogP contribution in [0.4, 0.5) is 23.2 Å². The Morgan fingerprint density at radius 3 is 2.48 bits per heavy atom. The molecule has 0 aliphatic rings. The van der Waals surface area contributed by atoms with Crippen LogP contribution < -0.4 is 5.32 Å². The van der Waals surface area contributed by atoms with Crippen molar-refractivity contribution in [2.75, 3.05) is 5.32 Å². The Morgan fingerprint density at radius 1 is 1.05 bits per heavy atom. The lowest BCUT2D eigenvalue weighted by Gasteiger charge is -2.09. The fraction of sp³-hybridized carbons (Fsp3) is 0.0714. The highest BCUT2D eigenvalue weighted by Gasteiger charge is 2.19. The van der Waals surface area contributed by atoms with Crippen LogP contribution in [0.2, 0.25) is 0 Å². The lowest BCUT2D eigenvalue weighted by atomic mass is 10.2. The van der Waals surface area contributed by atoms with Crippen LogP contribution in [0.25, 0.3) is 5.52 Å². The third-order valence-electron chi connectivity index (χ3n) is 3.07. The van der Waals surface area contributed by atoms with Gasteiger partial charge >= 0.3 is 0 Å². The van der Waals surface area contributed by atoms with E-state index in [1.54, 1.807) is 28.9 Å². The summed E-state index contributed by atoms with van der Waals surface area (Å²) in [6.45, 7) is -0.0236. The predicted molar refractivity (Wildman–Crippen MR) is 68.8 cm³/mol. The number of hydrogen-bond donors (Lipinski definition) is 1. The van der Waals surface area contributed by atoms with Gasteiger partial charge in [-0.1, -0.05) is 6.07 Å². The number of nitrogens with one attached hydrogen (secondary N) is 1. The van der Waals surface area contributed by atoms with Crippen LogP contribution in [0.15, 0.2) is 36.7 Å². The zero-order valence-electron chi connectivity index (χ0n) is 10.6. The molecular formula is C14H9F4N3. The number of anilines is 1. The molecule has 0 spiro atoms. The Labute approximate surface area is 116 Å². The van der Waals surface area contributed by atoms with Gasteiger partial charge in [0.15, 0.2) is 23.3 Å². The first-order valence-corrected chi connectivity index (χ1v) is 6.06. The summed E-state index contributed by atoms with van der Waals surface area (Å²) in [5, 5.41) is 6.43. The highest BCUT2D eigenvalue weighted by atomic mass is 19.2. The molecule has 0 atom stereocenters. The zero-order valence-corrected chi connectivity index (χ0v) is 10.6. The van der Waals surface area contributed by atoms with Gasteiger partial charge < -0.3 is 5.32 Å². The largest absolute Gasteiger partial charge is 0.376 e. The highest BCUT2D eigenvalue weighted by Crippen LogP contribution is 2.25. The second-order valence-electron chi connectivity index (χ2n) is 4.40. The normalized spacial score (nSPS) is 11.0. The maximum Gasteiger partial charge on any atom is 0.185 e. The second kappa shape index (κ2) is 5.08. The molecule has 0 bridgehead atoms. The molecule has 2 aromatic heterocycles. The minimum atomic E-state index is -1.45. The van der Waals surface area contributed by atoms with Gasteiger partial charge in [-0.2, -0.15) is 5.10 Å². The van der Waals surface area contributed by atoms with E-state index in [0.717, 1.165) is 5.52 Å². The number of aromatic nitrogens is 2. The molecule has 0 amide bonds. The Hall–Kier alpha value is -2.57. The van der Waals surface area contributed by atoms with E-state index in [2.05, 4.69) is 10.4 Å². The summed E-state index contributed by atoms with van der Waals surface area (Å²) in [7, 11) is 0. The van der Waals surface area contributed by atoms with Crippen LogP contribution in [0.3, 0.4) is 0 Å². The number of benzene rings is 1. The van der Waals surface area contributed by atoms with Crippen LogP contribution >= 0.6 is 0 Å². The molecule has 0 aliphatic heterocycles. The van der Waals surface area contributed by atoms with Gasteiger partial charge in [0.2, 0.25) is 0 Å². The molecule has 3 aromatic rings. The molecule has 0 fully saturated rings.